The standard InChI is InChI=1S/C11H16N2O3/c1-8(7-16-3)13(2)9-5-4-6-12-10(9)11(14)15/h4-6,8H,7H2,1-3H3,(H,14,15). The molecular formula is C11H16N2O3. The molecule has 0 saturated heterocycles. The van der Waals surface area contributed by atoms with E-state index in [1.54, 1.807) is 19.2 Å². The Morgan fingerprint density at radius 2 is 2.38 bits per heavy atom. The van der Waals surface area contributed by atoms with Gasteiger partial charge in [0.2, 0.25) is 0 Å². The molecule has 0 fully saturated rings. The number of pyridine rings is 1. The van der Waals surface area contributed by atoms with Crippen molar-refractivity contribution in [2.45, 2.75) is 13.0 Å². The maximum Gasteiger partial charge on any atom is 0.356 e. The fourth-order valence-corrected chi connectivity index (χ4v) is 1.44. The number of methoxy groups -OCH3 is 1. The van der Waals surface area contributed by atoms with Crippen LogP contribution in [0.15, 0.2) is 18.3 Å². The van der Waals surface area contributed by atoms with E-state index in [4.69, 9.17) is 9.84 Å². The van der Waals surface area contributed by atoms with Crippen LogP contribution in [0, 0.1) is 0 Å². The van der Waals surface area contributed by atoms with Crippen molar-refractivity contribution in [1.82, 2.24) is 4.98 Å². The number of carbonyl (C=O) groups is 1. The van der Waals surface area contributed by atoms with E-state index in [-0.39, 0.29) is 11.7 Å². The number of carboxylic acids is 1. The van der Waals surface area contributed by atoms with Gasteiger partial charge in [0.05, 0.1) is 12.3 Å². The van der Waals surface area contributed by atoms with Crippen LogP contribution in [0.25, 0.3) is 0 Å². The highest BCUT2D eigenvalue weighted by molar-refractivity contribution is 5.92. The Bertz CT molecular complexity index is 368. The molecule has 5 heteroatoms. The van der Waals surface area contributed by atoms with Gasteiger partial charge in [0.15, 0.2) is 5.69 Å². The summed E-state index contributed by atoms with van der Waals surface area (Å²) >= 11 is 0. The lowest BCUT2D eigenvalue weighted by Crippen LogP contribution is -2.33. The molecule has 0 spiro atoms. The first-order valence-corrected chi connectivity index (χ1v) is 4.98. The summed E-state index contributed by atoms with van der Waals surface area (Å²) in [5.41, 5.74) is 0.660. The topological polar surface area (TPSA) is 62.7 Å². The number of nitrogens with zero attached hydrogens (tertiary/aromatic N) is 2. The first-order chi connectivity index (χ1) is 7.57. The molecule has 0 amide bonds. The van der Waals surface area contributed by atoms with Crippen molar-refractivity contribution < 1.29 is 14.6 Å². The van der Waals surface area contributed by atoms with Crippen molar-refractivity contribution in [3.63, 3.8) is 0 Å². The highest BCUT2D eigenvalue weighted by Gasteiger charge is 2.17. The van der Waals surface area contributed by atoms with Crippen LogP contribution >= 0.6 is 0 Å². The monoisotopic (exact) mass is 224 g/mol. The third-order valence-corrected chi connectivity index (χ3v) is 2.44. The van der Waals surface area contributed by atoms with Gasteiger partial charge in [0, 0.05) is 26.4 Å². The van der Waals surface area contributed by atoms with Gasteiger partial charge in [-0.15, -0.1) is 0 Å². The Balaban J connectivity index is 2.98. The van der Waals surface area contributed by atoms with Gasteiger partial charge >= 0.3 is 5.97 Å². The molecule has 0 saturated carbocycles. The van der Waals surface area contributed by atoms with Crippen LogP contribution in [0.1, 0.15) is 17.4 Å². The highest BCUT2D eigenvalue weighted by atomic mass is 16.5. The zero-order valence-electron chi connectivity index (χ0n) is 9.67. The van der Waals surface area contributed by atoms with Crippen molar-refractivity contribution in [3.05, 3.63) is 24.0 Å². The summed E-state index contributed by atoms with van der Waals surface area (Å²) in [6.07, 6.45) is 1.47. The van der Waals surface area contributed by atoms with Crippen molar-refractivity contribution >= 4 is 11.7 Å². The fraction of sp³-hybridized carbons (Fsp3) is 0.455. The third kappa shape index (κ3) is 2.70. The Labute approximate surface area is 94.7 Å². The first-order valence-electron chi connectivity index (χ1n) is 4.98. The summed E-state index contributed by atoms with van der Waals surface area (Å²) in [7, 11) is 3.44. The summed E-state index contributed by atoms with van der Waals surface area (Å²) in [4.78, 5) is 16.7. The molecule has 1 unspecified atom stereocenters. The number of ether oxygens (including phenoxy) is 1. The molecule has 0 bridgehead atoms. The highest BCUT2D eigenvalue weighted by Crippen LogP contribution is 2.18. The van der Waals surface area contributed by atoms with Gasteiger partial charge in [-0.1, -0.05) is 0 Å². The minimum absolute atomic E-state index is 0.0629. The van der Waals surface area contributed by atoms with E-state index in [0.29, 0.717) is 12.3 Å². The van der Waals surface area contributed by atoms with Crippen LogP contribution in [0.4, 0.5) is 5.69 Å². The number of aromatic carboxylic acids is 1. The average molecular weight is 224 g/mol. The zero-order chi connectivity index (χ0) is 12.1. The second kappa shape index (κ2) is 5.46. The van der Waals surface area contributed by atoms with Gasteiger partial charge in [-0.25, -0.2) is 9.78 Å². The smallest absolute Gasteiger partial charge is 0.356 e. The maximum atomic E-state index is 11.0. The molecule has 0 aliphatic carbocycles. The number of likely N-dealkylation sites (N-methyl/N-ethyl adjacent to an activating group) is 1. The first kappa shape index (κ1) is 12.4. The van der Waals surface area contributed by atoms with E-state index in [0.717, 1.165) is 0 Å². The second-order valence-corrected chi connectivity index (χ2v) is 3.59. The van der Waals surface area contributed by atoms with Crippen LogP contribution in [0.2, 0.25) is 0 Å². The maximum absolute atomic E-state index is 11.0. The summed E-state index contributed by atoms with van der Waals surface area (Å²) in [6.45, 7) is 2.49. The minimum atomic E-state index is -1.02. The summed E-state index contributed by atoms with van der Waals surface area (Å²) in [5, 5.41) is 9.01. The number of rotatable bonds is 5. The van der Waals surface area contributed by atoms with Gasteiger partial charge in [-0.2, -0.15) is 0 Å². The molecule has 1 heterocycles. The Hall–Kier alpha value is -1.62. The van der Waals surface area contributed by atoms with Crippen molar-refractivity contribution in [3.8, 4) is 0 Å². The van der Waals surface area contributed by atoms with Crippen LogP contribution in [-0.4, -0.2) is 42.9 Å². The molecule has 0 aliphatic rings. The SMILES string of the molecule is COCC(C)N(C)c1cccnc1C(=O)O. The normalized spacial score (nSPS) is 12.2. The molecule has 88 valence electrons. The van der Waals surface area contributed by atoms with Gasteiger partial charge in [0.25, 0.3) is 0 Å². The third-order valence-electron chi connectivity index (χ3n) is 2.44. The largest absolute Gasteiger partial charge is 0.476 e. The lowest BCUT2D eigenvalue weighted by molar-refractivity contribution is 0.0691. The predicted octanol–water partition coefficient (Wildman–Crippen LogP) is 1.25. The molecule has 0 aromatic carbocycles. The summed E-state index contributed by atoms with van der Waals surface area (Å²) < 4.78 is 5.04. The lowest BCUT2D eigenvalue weighted by Gasteiger charge is -2.27. The van der Waals surface area contributed by atoms with E-state index in [2.05, 4.69) is 4.98 Å². The lowest BCUT2D eigenvalue weighted by atomic mass is 10.2. The molecule has 1 N–H and O–H groups in total. The van der Waals surface area contributed by atoms with Crippen LogP contribution < -0.4 is 4.90 Å². The number of hydrogen-bond donors (Lipinski definition) is 1. The van der Waals surface area contributed by atoms with Crippen LogP contribution in [0.3, 0.4) is 0 Å². The molecule has 1 aromatic heterocycles. The van der Waals surface area contributed by atoms with E-state index >= 15 is 0 Å². The summed E-state index contributed by atoms with van der Waals surface area (Å²) in [5.74, 6) is -1.02. The Morgan fingerprint density at radius 1 is 1.69 bits per heavy atom. The van der Waals surface area contributed by atoms with E-state index < -0.39 is 5.97 Å². The molecule has 16 heavy (non-hydrogen) atoms. The van der Waals surface area contributed by atoms with Gasteiger partial charge in [0.1, 0.15) is 0 Å². The zero-order valence-corrected chi connectivity index (χ0v) is 9.67. The Kier molecular flexibility index (Phi) is 4.25. The number of anilines is 1. The Morgan fingerprint density at radius 3 is 2.94 bits per heavy atom. The average Bonchev–Trinajstić information content (AvgIpc) is 2.28. The van der Waals surface area contributed by atoms with E-state index in [9.17, 15) is 4.79 Å². The minimum Gasteiger partial charge on any atom is -0.476 e. The molecule has 0 aliphatic heterocycles. The number of aromatic nitrogens is 1. The molecule has 1 aromatic rings. The molecule has 1 rings (SSSR count). The van der Waals surface area contributed by atoms with Crippen LogP contribution in [-0.2, 0) is 4.74 Å². The summed E-state index contributed by atoms with van der Waals surface area (Å²) in [6, 6.07) is 3.55. The van der Waals surface area contributed by atoms with Crippen molar-refractivity contribution in [2.75, 3.05) is 25.7 Å². The van der Waals surface area contributed by atoms with Crippen molar-refractivity contribution in [2.24, 2.45) is 0 Å². The predicted molar refractivity (Wildman–Crippen MR) is 60.9 cm³/mol. The quantitative estimate of drug-likeness (QED) is 0.815. The van der Waals surface area contributed by atoms with Crippen LogP contribution in [0.5, 0.6) is 0 Å². The van der Waals surface area contributed by atoms with Gasteiger partial charge in [-0.3, -0.25) is 0 Å². The number of hydrogen-bond acceptors (Lipinski definition) is 4. The second-order valence-electron chi connectivity index (χ2n) is 3.59. The van der Waals surface area contributed by atoms with E-state index in [1.165, 1.54) is 6.20 Å². The molecule has 5 nitrogen and oxygen atoms in total. The van der Waals surface area contributed by atoms with Gasteiger partial charge < -0.3 is 14.7 Å². The van der Waals surface area contributed by atoms with Crippen molar-refractivity contribution in [1.29, 1.82) is 0 Å². The van der Waals surface area contributed by atoms with E-state index in [1.807, 2.05) is 18.9 Å². The fourth-order valence-electron chi connectivity index (χ4n) is 1.44. The molecular weight excluding hydrogens is 208 g/mol. The molecule has 0 radical (unpaired) electrons. The number of carboxylic acid groups (broad SMARTS) is 1. The van der Waals surface area contributed by atoms with Gasteiger partial charge in [-0.05, 0) is 19.1 Å². The molecule has 1 atom stereocenters.